The first-order valence-corrected chi connectivity index (χ1v) is 5.86. The zero-order valence-electron chi connectivity index (χ0n) is 10.3. The highest BCUT2D eigenvalue weighted by molar-refractivity contribution is 5.83. The smallest absolute Gasteiger partial charge is 0.313 e. The third-order valence-electron chi connectivity index (χ3n) is 3.24. The molecule has 1 fully saturated rings. The van der Waals surface area contributed by atoms with Crippen molar-refractivity contribution < 1.29 is 28.5 Å². The number of methoxy groups -OCH3 is 1. The van der Waals surface area contributed by atoms with Gasteiger partial charge in [0.25, 0.3) is 0 Å². The number of ether oxygens (including phenoxy) is 4. The summed E-state index contributed by atoms with van der Waals surface area (Å²) in [5.41, 5.74) is 0.700. The van der Waals surface area contributed by atoms with Gasteiger partial charge in [-0.1, -0.05) is 6.07 Å². The first-order chi connectivity index (χ1) is 9.19. The second kappa shape index (κ2) is 4.46. The van der Waals surface area contributed by atoms with E-state index in [1.54, 1.807) is 18.2 Å². The van der Waals surface area contributed by atoms with Crippen LogP contribution in [-0.4, -0.2) is 25.8 Å². The molecule has 0 saturated carbocycles. The summed E-state index contributed by atoms with van der Waals surface area (Å²) in [5.74, 6) is -0.240. The molecule has 0 unspecified atom stereocenters. The fourth-order valence-electron chi connectivity index (χ4n) is 2.31. The summed E-state index contributed by atoms with van der Waals surface area (Å²) in [6.07, 6.45) is -0.597. The van der Waals surface area contributed by atoms with E-state index >= 15 is 0 Å². The van der Waals surface area contributed by atoms with Gasteiger partial charge in [0.05, 0.1) is 13.5 Å². The Labute approximate surface area is 109 Å². The molecule has 0 radical (unpaired) electrons. The summed E-state index contributed by atoms with van der Waals surface area (Å²) in [5, 5.41) is 0. The van der Waals surface area contributed by atoms with Crippen molar-refractivity contribution in [2.45, 2.75) is 12.5 Å². The van der Waals surface area contributed by atoms with Crippen molar-refractivity contribution in [3.63, 3.8) is 0 Å². The third-order valence-corrected chi connectivity index (χ3v) is 3.24. The maximum atomic E-state index is 11.7. The fourth-order valence-corrected chi connectivity index (χ4v) is 2.31. The molecule has 2 atom stereocenters. The summed E-state index contributed by atoms with van der Waals surface area (Å²) >= 11 is 0. The van der Waals surface area contributed by atoms with E-state index in [4.69, 9.17) is 18.9 Å². The van der Waals surface area contributed by atoms with Gasteiger partial charge in [0, 0.05) is 0 Å². The lowest BCUT2D eigenvalue weighted by atomic mass is 9.95. The number of esters is 2. The molecule has 0 N–H and O–H groups in total. The molecule has 2 aliphatic rings. The minimum Gasteiger partial charge on any atom is -0.469 e. The molecule has 3 rings (SSSR count). The molecule has 0 aliphatic carbocycles. The van der Waals surface area contributed by atoms with Gasteiger partial charge >= 0.3 is 11.9 Å². The molecule has 6 nitrogen and oxygen atoms in total. The third kappa shape index (κ3) is 1.99. The molecule has 100 valence electrons. The van der Waals surface area contributed by atoms with Crippen LogP contribution < -0.4 is 9.47 Å². The number of carbonyl (C=O) groups excluding carboxylic acids is 2. The van der Waals surface area contributed by atoms with Gasteiger partial charge in [-0.25, -0.2) is 0 Å². The Bertz CT molecular complexity index is 538. The molecular weight excluding hydrogens is 252 g/mol. The first-order valence-electron chi connectivity index (χ1n) is 5.86. The normalized spacial score (nSPS) is 24.2. The Morgan fingerprint density at radius 2 is 2.11 bits per heavy atom. The number of fused-ring (bicyclic) bond motifs is 1. The predicted octanol–water partition coefficient (Wildman–Crippen LogP) is 1.19. The van der Waals surface area contributed by atoms with Crippen LogP contribution in [0, 0.1) is 5.92 Å². The molecule has 1 saturated heterocycles. The second-order valence-electron chi connectivity index (χ2n) is 4.36. The van der Waals surface area contributed by atoms with E-state index in [0.29, 0.717) is 17.1 Å². The maximum absolute atomic E-state index is 11.7. The molecule has 6 heteroatoms. The number of hydrogen-bond donors (Lipinski definition) is 0. The van der Waals surface area contributed by atoms with Crippen molar-refractivity contribution >= 4 is 11.9 Å². The molecule has 0 spiro atoms. The molecule has 0 aromatic heterocycles. The molecule has 19 heavy (non-hydrogen) atoms. The van der Waals surface area contributed by atoms with Crippen LogP contribution in [0.25, 0.3) is 0 Å². The van der Waals surface area contributed by atoms with E-state index < -0.39 is 24.0 Å². The Morgan fingerprint density at radius 1 is 1.32 bits per heavy atom. The largest absolute Gasteiger partial charge is 0.469 e. The molecule has 0 bridgehead atoms. The Hall–Kier alpha value is -2.24. The SMILES string of the molecule is COC(=O)[C@@H]1CC(=O)O[C@H]1c1ccc2c(c1)OCO2. The van der Waals surface area contributed by atoms with E-state index in [1.165, 1.54) is 7.11 Å². The van der Waals surface area contributed by atoms with Gasteiger partial charge < -0.3 is 18.9 Å². The summed E-state index contributed by atoms with van der Waals surface area (Å²) in [4.78, 5) is 23.1. The van der Waals surface area contributed by atoms with Crippen LogP contribution >= 0.6 is 0 Å². The van der Waals surface area contributed by atoms with Crippen molar-refractivity contribution in [2.75, 3.05) is 13.9 Å². The first kappa shape index (κ1) is 11.8. The van der Waals surface area contributed by atoms with Crippen LogP contribution in [0.4, 0.5) is 0 Å². The average Bonchev–Trinajstić information content (AvgIpc) is 3.02. The summed E-state index contributed by atoms with van der Waals surface area (Å²) in [7, 11) is 1.29. The van der Waals surface area contributed by atoms with Gasteiger partial charge in [0.2, 0.25) is 6.79 Å². The zero-order chi connectivity index (χ0) is 13.4. The van der Waals surface area contributed by atoms with Crippen LogP contribution in [-0.2, 0) is 19.1 Å². The molecule has 1 aromatic rings. The summed E-state index contributed by atoms with van der Waals surface area (Å²) < 4.78 is 20.4. The summed E-state index contributed by atoms with van der Waals surface area (Å²) in [6, 6.07) is 5.21. The molecule has 0 amide bonds. The van der Waals surface area contributed by atoms with E-state index in [9.17, 15) is 9.59 Å². The molecule has 1 aromatic carbocycles. The second-order valence-corrected chi connectivity index (χ2v) is 4.36. The lowest BCUT2D eigenvalue weighted by Crippen LogP contribution is -2.19. The minimum absolute atomic E-state index is 0.0335. The molecule has 2 aliphatic heterocycles. The highest BCUT2D eigenvalue weighted by atomic mass is 16.7. The fraction of sp³-hybridized carbons (Fsp3) is 0.385. The number of benzene rings is 1. The minimum atomic E-state index is -0.630. The Balaban J connectivity index is 1.91. The van der Waals surface area contributed by atoms with Gasteiger partial charge in [-0.05, 0) is 17.7 Å². The van der Waals surface area contributed by atoms with E-state index in [2.05, 4.69) is 0 Å². The highest BCUT2D eigenvalue weighted by Gasteiger charge is 2.42. The molecular formula is C13H12O6. The van der Waals surface area contributed by atoms with Gasteiger partial charge in [0.1, 0.15) is 12.0 Å². The van der Waals surface area contributed by atoms with Crippen molar-refractivity contribution in [3.8, 4) is 11.5 Å². The molecule has 2 heterocycles. The van der Waals surface area contributed by atoms with Gasteiger partial charge in [-0.2, -0.15) is 0 Å². The van der Waals surface area contributed by atoms with E-state index in [0.717, 1.165) is 0 Å². The van der Waals surface area contributed by atoms with Crippen LogP contribution in [0.1, 0.15) is 18.1 Å². The van der Waals surface area contributed by atoms with Gasteiger partial charge in [0.15, 0.2) is 11.5 Å². The van der Waals surface area contributed by atoms with Crippen molar-refractivity contribution in [3.05, 3.63) is 23.8 Å². The Morgan fingerprint density at radius 3 is 2.89 bits per heavy atom. The number of carbonyl (C=O) groups is 2. The van der Waals surface area contributed by atoms with Crippen LogP contribution in [0.2, 0.25) is 0 Å². The van der Waals surface area contributed by atoms with Crippen LogP contribution in [0.15, 0.2) is 18.2 Å². The monoisotopic (exact) mass is 264 g/mol. The van der Waals surface area contributed by atoms with Crippen molar-refractivity contribution in [1.29, 1.82) is 0 Å². The van der Waals surface area contributed by atoms with Crippen LogP contribution in [0.3, 0.4) is 0 Å². The highest BCUT2D eigenvalue weighted by Crippen LogP contribution is 2.40. The number of rotatable bonds is 2. The quantitative estimate of drug-likeness (QED) is 0.747. The van der Waals surface area contributed by atoms with Crippen molar-refractivity contribution in [1.82, 2.24) is 0 Å². The van der Waals surface area contributed by atoms with Crippen molar-refractivity contribution in [2.24, 2.45) is 5.92 Å². The van der Waals surface area contributed by atoms with Crippen LogP contribution in [0.5, 0.6) is 11.5 Å². The summed E-state index contributed by atoms with van der Waals surface area (Å²) in [6.45, 7) is 0.170. The average molecular weight is 264 g/mol. The van der Waals surface area contributed by atoms with Gasteiger partial charge in [-0.15, -0.1) is 0 Å². The maximum Gasteiger partial charge on any atom is 0.313 e. The standard InChI is InChI=1S/C13H12O6/c1-16-13(15)8-5-11(14)19-12(8)7-2-3-9-10(4-7)18-6-17-9/h2-4,8,12H,5-6H2,1H3/t8-,12+/m1/s1. The number of hydrogen-bond acceptors (Lipinski definition) is 6. The lowest BCUT2D eigenvalue weighted by Gasteiger charge is -2.16. The lowest BCUT2D eigenvalue weighted by molar-refractivity contribution is -0.147. The van der Waals surface area contributed by atoms with E-state index in [1.807, 2.05) is 0 Å². The topological polar surface area (TPSA) is 71.1 Å². The van der Waals surface area contributed by atoms with E-state index in [-0.39, 0.29) is 13.2 Å². The predicted molar refractivity (Wildman–Crippen MR) is 61.5 cm³/mol. The Kier molecular flexibility index (Phi) is 2.77. The zero-order valence-corrected chi connectivity index (χ0v) is 10.3. The number of cyclic esters (lactones) is 1. The van der Waals surface area contributed by atoms with Gasteiger partial charge in [-0.3, -0.25) is 9.59 Å².